The van der Waals surface area contributed by atoms with Crippen LogP contribution in [0.1, 0.15) is 35.2 Å². The van der Waals surface area contributed by atoms with E-state index < -0.39 is 0 Å². The minimum atomic E-state index is 0.0178. The lowest BCUT2D eigenvalue weighted by Gasteiger charge is -2.23. The molecule has 1 heterocycles. The minimum absolute atomic E-state index is 0.0178. The average molecular weight is 369 g/mol. The van der Waals surface area contributed by atoms with Crippen LogP contribution in [-0.4, -0.2) is 10.8 Å². The Morgan fingerprint density at radius 1 is 1.22 bits per heavy atom. The first-order chi connectivity index (χ1) is 11.0. The van der Waals surface area contributed by atoms with Crippen LogP contribution >= 0.6 is 34.8 Å². The van der Waals surface area contributed by atoms with Crippen molar-refractivity contribution < 1.29 is 4.79 Å². The number of alkyl halides is 1. The van der Waals surface area contributed by atoms with Crippen molar-refractivity contribution in [1.29, 1.82) is 0 Å². The summed E-state index contributed by atoms with van der Waals surface area (Å²) in [5.41, 5.74) is 3.84. The zero-order chi connectivity index (χ0) is 16.6. The van der Waals surface area contributed by atoms with E-state index in [4.69, 9.17) is 34.8 Å². The molecule has 2 aromatic carbocycles. The summed E-state index contributed by atoms with van der Waals surface area (Å²) in [6.07, 6.45) is 0.181. The summed E-state index contributed by atoms with van der Waals surface area (Å²) in [6.45, 7) is 2.67. The Hall–Kier alpha value is -1.22. The molecule has 0 unspecified atom stereocenters. The minimum Gasteiger partial charge on any atom is -0.331 e. The van der Waals surface area contributed by atoms with Gasteiger partial charge >= 0.3 is 0 Å². The molecule has 0 N–H and O–H groups in total. The monoisotopic (exact) mass is 367 g/mol. The lowest BCUT2D eigenvalue weighted by molar-refractivity contribution is -0.132. The van der Waals surface area contributed by atoms with E-state index >= 15 is 0 Å². The van der Waals surface area contributed by atoms with Crippen molar-refractivity contribution >= 4 is 40.7 Å². The molecule has 0 saturated carbocycles. The second-order valence-corrected chi connectivity index (χ2v) is 6.76. The van der Waals surface area contributed by atoms with Crippen LogP contribution in [-0.2, 0) is 23.6 Å². The molecule has 0 saturated heterocycles. The maximum Gasteiger partial charge on any atom is 0.227 e. The molecule has 0 bridgehead atoms. The van der Waals surface area contributed by atoms with Crippen LogP contribution in [0.5, 0.6) is 0 Å². The number of carbonyl (C=O) groups is 1. The van der Waals surface area contributed by atoms with E-state index in [1.165, 1.54) is 11.1 Å². The number of halogens is 3. The molecule has 1 aliphatic heterocycles. The second kappa shape index (κ2) is 6.72. The van der Waals surface area contributed by atoms with Crippen molar-refractivity contribution in [3.05, 3.63) is 68.7 Å². The van der Waals surface area contributed by atoms with Gasteiger partial charge in [0.15, 0.2) is 0 Å². The fraction of sp³-hybridized carbons (Fsp3) is 0.278. The van der Waals surface area contributed by atoms with Gasteiger partial charge in [-0.2, -0.15) is 0 Å². The third-order valence-corrected chi connectivity index (χ3v) is 5.48. The Bertz CT molecular complexity index is 760. The van der Waals surface area contributed by atoms with Crippen LogP contribution in [0.3, 0.4) is 0 Å². The molecule has 1 amide bonds. The Morgan fingerprint density at radius 3 is 2.65 bits per heavy atom. The van der Waals surface area contributed by atoms with Crippen LogP contribution in [0.2, 0.25) is 10.0 Å². The summed E-state index contributed by atoms with van der Waals surface area (Å²) in [4.78, 5) is 14.6. The summed E-state index contributed by atoms with van der Waals surface area (Å²) in [5.74, 6) is 0.312. The van der Waals surface area contributed by atoms with Gasteiger partial charge in [0.05, 0.1) is 17.5 Å². The van der Waals surface area contributed by atoms with Crippen LogP contribution in [0.25, 0.3) is 0 Å². The van der Waals surface area contributed by atoms with Gasteiger partial charge in [-0.25, -0.2) is 0 Å². The molecule has 23 heavy (non-hydrogen) atoms. The maximum absolute atomic E-state index is 12.8. The predicted octanol–water partition coefficient (Wildman–Crippen LogP) is 5.38. The highest BCUT2D eigenvalue weighted by molar-refractivity contribution is 6.37. The molecule has 2 aromatic rings. The smallest absolute Gasteiger partial charge is 0.227 e. The van der Waals surface area contributed by atoms with E-state index in [0.717, 1.165) is 5.56 Å². The number of nitrogens with zero attached hydrogens (tertiary/aromatic N) is 1. The number of carbonyl (C=O) groups excluding carboxylic acids is 1. The molecule has 5 heteroatoms. The van der Waals surface area contributed by atoms with Crippen LogP contribution in [0.15, 0.2) is 36.4 Å². The molecule has 0 aromatic heterocycles. The molecule has 0 radical (unpaired) electrons. The quantitative estimate of drug-likeness (QED) is 0.666. The van der Waals surface area contributed by atoms with E-state index in [1.807, 2.05) is 24.0 Å². The van der Waals surface area contributed by atoms with Gasteiger partial charge in [-0.15, -0.1) is 11.6 Å². The van der Waals surface area contributed by atoms with E-state index in [1.54, 1.807) is 12.1 Å². The van der Waals surface area contributed by atoms with Crippen LogP contribution < -0.4 is 0 Å². The molecule has 0 spiro atoms. The van der Waals surface area contributed by atoms with Crippen LogP contribution in [0, 0.1) is 0 Å². The molecule has 120 valence electrons. The Morgan fingerprint density at radius 2 is 1.96 bits per heavy atom. The molecular weight excluding hydrogens is 353 g/mol. The Kier molecular flexibility index (Phi) is 4.86. The van der Waals surface area contributed by atoms with Crippen molar-refractivity contribution in [2.24, 2.45) is 0 Å². The van der Waals surface area contributed by atoms with Gasteiger partial charge in [0.25, 0.3) is 0 Å². The zero-order valence-electron chi connectivity index (χ0n) is 12.7. The number of hydrogen-bond donors (Lipinski definition) is 0. The maximum atomic E-state index is 12.8. The standard InChI is InChI=1S/C18H16Cl3NO/c1-11-14-5-3-2-4-13(14)10-22(11)17(23)8-15-16(20)7-6-12(9-19)18(15)21/h2-7,11H,8-10H2,1H3/t11-/m0/s1. The third kappa shape index (κ3) is 3.08. The Balaban J connectivity index is 1.84. The first-order valence-electron chi connectivity index (χ1n) is 7.42. The van der Waals surface area contributed by atoms with Crippen molar-refractivity contribution in [2.45, 2.75) is 31.8 Å². The molecular formula is C18H16Cl3NO. The summed E-state index contributed by atoms with van der Waals surface area (Å²) < 4.78 is 0. The van der Waals surface area contributed by atoms with Gasteiger partial charge in [-0.05, 0) is 35.2 Å². The molecule has 0 fully saturated rings. The third-order valence-electron chi connectivity index (χ3n) is 4.37. The lowest BCUT2D eigenvalue weighted by Crippen LogP contribution is -2.29. The normalized spacial score (nSPS) is 16.5. The summed E-state index contributed by atoms with van der Waals surface area (Å²) in [6, 6.07) is 11.7. The summed E-state index contributed by atoms with van der Waals surface area (Å²) in [5, 5.41) is 0.992. The average Bonchev–Trinajstić information content (AvgIpc) is 2.89. The lowest BCUT2D eigenvalue weighted by atomic mass is 10.1. The van der Waals surface area contributed by atoms with E-state index in [-0.39, 0.29) is 18.4 Å². The van der Waals surface area contributed by atoms with Gasteiger partial charge in [-0.1, -0.05) is 53.5 Å². The molecule has 1 atom stereocenters. The van der Waals surface area contributed by atoms with E-state index in [2.05, 4.69) is 12.1 Å². The van der Waals surface area contributed by atoms with E-state index in [9.17, 15) is 4.79 Å². The molecule has 2 nitrogen and oxygen atoms in total. The van der Waals surface area contributed by atoms with Gasteiger partial charge < -0.3 is 4.90 Å². The first-order valence-corrected chi connectivity index (χ1v) is 8.71. The largest absolute Gasteiger partial charge is 0.331 e. The number of rotatable bonds is 3. The van der Waals surface area contributed by atoms with Gasteiger partial charge in [-0.3, -0.25) is 4.79 Å². The number of hydrogen-bond acceptors (Lipinski definition) is 1. The summed E-state index contributed by atoms with van der Waals surface area (Å²) in [7, 11) is 0. The number of fused-ring (bicyclic) bond motifs is 1. The SMILES string of the molecule is C[C@H]1c2ccccc2CN1C(=O)Cc1c(Cl)ccc(CCl)c1Cl. The number of benzene rings is 2. The number of amides is 1. The fourth-order valence-corrected chi connectivity index (χ4v) is 3.90. The predicted molar refractivity (Wildman–Crippen MR) is 95.1 cm³/mol. The molecule has 3 rings (SSSR count). The van der Waals surface area contributed by atoms with Crippen LogP contribution in [0.4, 0.5) is 0 Å². The highest BCUT2D eigenvalue weighted by atomic mass is 35.5. The van der Waals surface area contributed by atoms with Gasteiger partial charge in [0, 0.05) is 17.4 Å². The molecule has 0 aliphatic carbocycles. The van der Waals surface area contributed by atoms with Crippen molar-refractivity contribution in [3.8, 4) is 0 Å². The van der Waals surface area contributed by atoms with Crippen molar-refractivity contribution in [3.63, 3.8) is 0 Å². The van der Waals surface area contributed by atoms with Crippen molar-refractivity contribution in [2.75, 3.05) is 0 Å². The highest BCUT2D eigenvalue weighted by Crippen LogP contribution is 2.35. The highest BCUT2D eigenvalue weighted by Gasteiger charge is 2.30. The first kappa shape index (κ1) is 16.6. The van der Waals surface area contributed by atoms with Gasteiger partial charge in [0.1, 0.15) is 0 Å². The summed E-state index contributed by atoms with van der Waals surface area (Å²) >= 11 is 18.5. The second-order valence-electron chi connectivity index (χ2n) is 5.71. The van der Waals surface area contributed by atoms with Gasteiger partial charge in [0.2, 0.25) is 5.91 Å². The molecule has 1 aliphatic rings. The zero-order valence-corrected chi connectivity index (χ0v) is 14.9. The Labute approximate surface area is 151 Å². The fourth-order valence-electron chi connectivity index (χ4n) is 3.04. The van der Waals surface area contributed by atoms with Crippen molar-refractivity contribution in [1.82, 2.24) is 4.90 Å². The van der Waals surface area contributed by atoms with E-state index in [0.29, 0.717) is 28.0 Å². The topological polar surface area (TPSA) is 20.3 Å².